The Bertz CT molecular complexity index is 707. The number of aliphatic hydroxyl groups excluding tert-OH is 1. The molecule has 8 nitrogen and oxygen atoms in total. The zero-order chi connectivity index (χ0) is 18.5. The predicted octanol–water partition coefficient (Wildman–Crippen LogP) is 1.33. The third-order valence-electron chi connectivity index (χ3n) is 4.81. The van der Waals surface area contributed by atoms with Gasteiger partial charge in [0.1, 0.15) is 12.2 Å². The van der Waals surface area contributed by atoms with Crippen LogP contribution in [0.1, 0.15) is 31.9 Å². The van der Waals surface area contributed by atoms with E-state index in [1.54, 1.807) is 38.1 Å². The Kier molecular flexibility index (Phi) is 4.23. The van der Waals surface area contributed by atoms with E-state index >= 15 is 0 Å². The van der Waals surface area contributed by atoms with Crippen LogP contribution >= 0.6 is 0 Å². The molecule has 0 saturated carbocycles. The molecule has 4 rings (SSSR count). The fraction of sp³-hybridized carbons (Fsp3) is 0.556. The van der Waals surface area contributed by atoms with Gasteiger partial charge in [0.15, 0.2) is 18.1 Å². The van der Waals surface area contributed by atoms with E-state index in [-0.39, 0.29) is 13.0 Å². The number of hydrogen-bond acceptors (Lipinski definition) is 7. The molecule has 0 aromatic heterocycles. The number of hydrogen-bond donors (Lipinski definition) is 1. The summed E-state index contributed by atoms with van der Waals surface area (Å²) in [7, 11) is 0. The average Bonchev–Trinajstić information content (AvgIpc) is 3.09. The Labute approximate surface area is 150 Å². The minimum absolute atomic E-state index is 0.246. The first kappa shape index (κ1) is 17.4. The molecule has 3 heterocycles. The number of benzene rings is 1. The summed E-state index contributed by atoms with van der Waals surface area (Å²) in [5, 5.41) is 10.3. The van der Waals surface area contributed by atoms with Crippen LogP contribution in [0.15, 0.2) is 30.3 Å². The van der Waals surface area contributed by atoms with Crippen LogP contribution in [-0.4, -0.2) is 58.9 Å². The molecule has 1 aromatic carbocycles. The van der Waals surface area contributed by atoms with Crippen LogP contribution in [0.4, 0.5) is 4.79 Å². The first-order chi connectivity index (χ1) is 12.4. The fourth-order valence-electron chi connectivity index (χ4n) is 3.54. The molecule has 26 heavy (non-hydrogen) atoms. The van der Waals surface area contributed by atoms with Crippen molar-refractivity contribution in [2.75, 3.05) is 6.61 Å². The Hall–Kier alpha value is -2.00. The molecule has 3 aliphatic rings. The molecular weight excluding hydrogens is 342 g/mol. The van der Waals surface area contributed by atoms with E-state index < -0.39 is 48.4 Å². The van der Waals surface area contributed by atoms with Gasteiger partial charge in [-0.25, -0.2) is 9.69 Å². The van der Waals surface area contributed by atoms with Crippen molar-refractivity contribution in [3.8, 4) is 0 Å². The van der Waals surface area contributed by atoms with Gasteiger partial charge in [-0.2, -0.15) is 0 Å². The van der Waals surface area contributed by atoms with Crippen molar-refractivity contribution < 1.29 is 33.6 Å². The normalized spacial score (nSPS) is 33.3. The maximum absolute atomic E-state index is 12.6. The largest absolute Gasteiger partial charge is 0.438 e. The Balaban J connectivity index is 1.47. The van der Waals surface area contributed by atoms with Crippen LogP contribution in [0.3, 0.4) is 0 Å². The third kappa shape index (κ3) is 2.99. The second-order valence-corrected chi connectivity index (χ2v) is 7.10. The number of fused-ring (bicyclic) bond motifs is 3. The first-order valence-electron chi connectivity index (χ1n) is 8.59. The van der Waals surface area contributed by atoms with E-state index in [4.69, 9.17) is 18.9 Å². The first-order valence-corrected chi connectivity index (χ1v) is 8.59. The summed E-state index contributed by atoms with van der Waals surface area (Å²) in [4.78, 5) is 25.8. The fourth-order valence-corrected chi connectivity index (χ4v) is 3.54. The highest BCUT2D eigenvalue weighted by molar-refractivity contribution is 5.94. The van der Waals surface area contributed by atoms with E-state index in [0.29, 0.717) is 5.56 Å². The standard InChI is InChI=1S/C18H21NO7/c1-18(2)23-9-12-14(26-18)15-16(24-12)19(17(22)25-15)13(21)8-11(20)10-6-4-3-5-7-10/h3-7,11-12,14-16,20H,8-9H2,1-2H3/t11-,12-,14+,15-,16+/m1/s1. The van der Waals surface area contributed by atoms with Gasteiger partial charge in [-0.15, -0.1) is 0 Å². The molecule has 0 radical (unpaired) electrons. The smallest absolute Gasteiger partial charge is 0.419 e. The average molecular weight is 363 g/mol. The highest BCUT2D eigenvalue weighted by Crippen LogP contribution is 2.40. The number of rotatable bonds is 3. The lowest BCUT2D eigenvalue weighted by atomic mass is 10.1. The van der Waals surface area contributed by atoms with Crippen LogP contribution in [0.2, 0.25) is 0 Å². The molecule has 5 atom stereocenters. The highest BCUT2D eigenvalue weighted by atomic mass is 16.8. The van der Waals surface area contributed by atoms with E-state index in [9.17, 15) is 14.7 Å². The van der Waals surface area contributed by atoms with Crippen molar-refractivity contribution in [2.24, 2.45) is 0 Å². The van der Waals surface area contributed by atoms with Gasteiger partial charge in [0.2, 0.25) is 5.91 Å². The second-order valence-electron chi connectivity index (χ2n) is 7.10. The van der Waals surface area contributed by atoms with Crippen LogP contribution in [0, 0.1) is 0 Å². The van der Waals surface area contributed by atoms with Gasteiger partial charge in [0.05, 0.1) is 19.1 Å². The molecule has 0 bridgehead atoms. The van der Waals surface area contributed by atoms with E-state index in [2.05, 4.69) is 0 Å². The molecule has 3 saturated heterocycles. The minimum Gasteiger partial charge on any atom is -0.438 e. The quantitative estimate of drug-likeness (QED) is 0.866. The van der Waals surface area contributed by atoms with E-state index in [1.807, 2.05) is 6.07 Å². The lowest BCUT2D eigenvalue weighted by Crippen LogP contribution is -2.50. The topological polar surface area (TPSA) is 94.5 Å². The zero-order valence-electron chi connectivity index (χ0n) is 14.5. The molecule has 8 heteroatoms. The molecule has 1 aromatic rings. The summed E-state index contributed by atoms with van der Waals surface area (Å²) in [5.74, 6) is -1.37. The summed E-state index contributed by atoms with van der Waals surface area (Å²) in [5.41, 5.74) is 0.601. The van der Waals surface area contributed by atoms with Crippen molar-refractivity contribution in [1.29, 1.82) is 0 Å². The van der Waals surface area contributed by atoms with Crippen LogP contribution in [-0.2, 0) is 23.7 Å². The van der Waals surface area contributed by atoms with E-state index in [0.717, 1.165) is 4.90 Å². The molecule has 1 N–H and O–H groups in total. The van der Waals surface area contributed by atoms with Gasteiger partial charge in [-0.05, 0) is 19.4 Å². The van der Waals surface area contributed by atoms with E-state index in [1.165, 1.54) is 0 Å². The van der Waals surface area contributed by atoms with Gasteiger partial charge in [-0.3, -0.25) is 4.79 Å². The molecule has 3 aliphatic heterocycles. The van der Waals surface area contributed by atoms with Crippen molar-refractivity contribution >= 4 is 12.0 Å². The predicted molar refractivity (Wildman–Crippen MR) is 86.7 cm³/mol. The van der Waals surface area contributed by atoms with Crippen molar-refractivity contribution in [1.82, 2.24) is 4.90 Å². The number of aliphatic hydroxyl groups is 1. The number of ether oxygens (including phenoxy) is 4. The Morgan fingerprint density at radius 3 is 2.77 bits per heavy atom. The lowest BCUT2D eigenvalue weighted by molar-refractivity contribution is -0.301. The summed E-state index contributed by atoms with van der Waals surface area (Å²) in [6.07, 6.45) is -4.53. The van der Waals surface area contributed by atoms with Crippen molar-refractivity contribution in [2.45, 2.75) is 56.7 Å². The summed E-state index contributed by atoms with van der Waals surface area (Å²) in [6, 6.07) is 8.80. The second kappa shape index (κ2) is 6.31. The van der Waals surface area contributed by atoms with Crippen LogP contribution in [0.25, 0.3) is 0 Å². The van der Waals surface area contributed by atoms with Crippen molar-refractivity contribution in [3.05, 3.63) is 35.9 Å². The van der Waals surface area contributed by atoms with Gasteiger partial charge in [0.25, 0.3) is 0 Å². The van der Waals surface area contributed by atoms with Crippen molar-refractivity contribution in [3.63, 3.8) is 0 Å². The van der Waals surface area contributed by atoms with Gasteiger partial charge < -0.3 is 24.1 Å². The summed E-state index contributed by atoms with van der Waals surface area (Å²) >= 11 is 0. The van der Waals surface area contributed by atoms with Gasteiger partial charge in [0, 0.05) is 0 Å². The number of imide groups is 1. The summed E-state index contributed by atoms with van der Waals surface area (Å²) < 4.78 is 22.5. The maximum Gasteiger partial charge on any atom is 0.419 e. The van der Waals surface area contributed by atoms with Gasteiger partial charge >= 0.3 is 6.09 Å². The van der Waals surface area contributed by atoms with Crippen LogP contribution < -0.4 is 0 Å². The SMILES string of the molecule is CC1(C)OC[C@H]2O[C@H]3[C@H](OC(=O)N3C(=O)C[C@@H](O)c3ccccc3)[C@H]2O1. The number of amides is 2. The molecule has 0 aliphatic carbocycles. The molecule has 0 unspecified atom stereocenters. The number of carbonyl (C=O) groups is 2. The highest BCUT2D eigenvalue weighted by Gasteiger charge is 2.60. The molecule has 3 fully saturated rings. The maximum atomic E-state index is 12.6. The number of carbonyl (C=O) groups excluding carboxylic acids is 2. The molecule has 0 spiro atoms. The molecular formula is C18H21NO7. The lowest BCUT2D eigenvalue weighted by Gasteiger charge is -2.37. The minimum atomic E-state index is -1.02. The third-order valence-corrected chi connectivity index (χ3v) is 4.81. The Morgan fingerprint density at radius 1 is 1.31 bits per heavy atom. The zero-order valence-corrected chi connectivity index (χ0v) is 14.5. The van der Waals surface area contributed by atoms with Gasteiger partial charge in [-0.1, -0.05) is 30.3 Å². The molecule has 140 valence electrons. The molecule has 2 amide bonds. The monoisotopic (exact) mass is 363 g/mol. The van der Waals surface area contributed by atoms with Crippen LogP contribution in [0.5, 0.6) is 0 Å². The number of nitrogens with zero attached hydrogens (tertiary/aromatic N) is 1. The summed E-state index contributed by atoms with van der Waals surface area (Å²) in [6.45, 7) is 3.83. The Morgan fingerprint density at radius 2 is 2.04 bits per heavy atom.